The van der Waals surface area contributed by atoms with Crippen LogP contribution in [0.3, 0.4) is 0 Å². The molecule has 3 unspecified atom stereocenters. The average Bonchev–Trinajstić information content (AvgIpc) is 2.55. The smallest absolute Gasteiger partial charge is 0.333 e. The fourth-order valence-electron chi connectivity index (χ4n) is 2.13. The quantitative estimate of drug-likeness (QED) is 0.526. The van der Waals surface area contributed by atoms with Crippen molar-refractivity contribution in [3.63, 3.8) is 0 Å². The number of rotatable bonds is 4. The van der Waals surface area contributed by atoms with Gasteiger partial charge in [0.2, 0.25) is 0 Å². The summed E-state index contributed by atoms with van der Waals surface area (Å²) in [6.07, 6.45) is 3.13. The van der Waals surface area contributed by atoms with Crippen LogP contribution in [0.5, 0.6) is 0 Å². The first kappa shape index (κ1) is 12.3. The molecule has 1 fully saturated rings. The fourth-order valence-corrected chi connectivity index (χ4v) is 2.13. The predicted molar refractivity (Wildman–Crippen MR) is 61.4 cm³/mol. The number of hydrogen-bond donors (Lipinski definition) is 0. The van der Waals surface area contributed by atoms with E-state index in [2.05, 4.69) is 20.4 Å². The molecule has 2 heteroatoms. The van der Waals surface area contributed by atoms with Crippen LogP contribution in [0, 0.1) is 17.8 Å². The molecule has 1 saturated carbocycles. The second kappa shape index (κ2) is 5.34. The summed E-state index contributed by atoms with van der Waals surface area (Å²) in [6.45, 7) is 10.7. The summed E-state index contributed by atoms with van der Waals surface area (Å²) < 4.78 is 5.26. The maximum Gasteiger partial charge on any atom is 0.333 e. The third-order valence-corrected chi connectivity index (χ3v) is 3.78. The molecule has 0 saturated heterocycles. The van der Waals surface area contributed by atoms with Crippen LogP contribution in [0.2, 0.25) is 0 Å². The topological polar surface area (TPSA) is 26.3 Å². The highest BCUT2D eigenvalue weighted by Gasteiger charge is 2.30. The van der Waals surface area contributed by atoms with Gasteiger partial charge in [0.05, 0.1) is 6.61 Å². The number of carbonyl (C=O) groups is 1. The van der Waals surface area contributed by atoms with E-state index in [-0.39, 0.29) is 5.97 Å². The van der Waals surface area contributed by atoms with E-state index < -0.39 is 0 Å². The Kier molecular flexibility index (Phi) is 4.37. The number of esters is 1. The first-order chi connectivity index (χ1) is 7.06. The van der Waals surface area contributed by atoms with Gasteiger partial charge in [0, 0.05) is 5.57 Å². The summed E-state index contributed by atoms with van der Waals surface area (Å²) in [4.78, 5) is 11.4. The molecule has 0 N–H and O–H groups in total. The van der Waals surface area contributed by atoms with Gasteiger partial charge in [0.1, 0.15) is 0 Å². The zero-order valence-corrected chi connectivity index (χ0v) is 10.1. The molecular weight excluding hydrogens is 188 g/mol. The van der Waals surface area contributed by atoms with E-state index in [1.54, 1.807) is 0 Å². The maximum absolute atomic E-state index is 11.4. The summed E-state index contributed by atoms with van der Waals surface area (Å²) in [6, 6.07) is 0. The molecule has 15 heavy (non-hydrogen) atoms. The van der Waals surface area contributed by atoms with Gasteiger partial charge >= 0.3 is 5.97 Å². The summed E-state index contributed by atoms with van der Waals surface area (Å²) in [5, 5.41) is 0. The third-order valence-electron chi connectivity index (χ3n) is 3.78. The van der Waals surface area contributed by atoms with Crippen LogP contribution in [0.1, 0.15) is 40.0 Å². The molecule has 0 bridgehead atoms. The second-order valence-electron chi connectivity index (χ2n) is 4.73. The molecule has 0 radical (unpaired) electrons. The number of ether oxygens (including phenoxy) is 1. The first-order valence-corrected chi connectivity index (χ1v) is 5.91. The van der Waals surface area contributed by atoms with Crippen LogP contribution >= 0.6 is 0 Å². The lowest BCUT2D eigenvalue weighted by atomic mass is 9.93. The minimum absolute atomic E-state index is 0.218. The molecule has 1 aliphatic rings. The molecule has 0 heterocycles. The third kappa shape index (κ3) is 3.08. The summed E-state index contributed by atoms with van der Waals surface area (Å²) in [5.74, 6) is 1.77. The van der Waals surface area contributed by atoms with Crippen LogP contribution in [-0.2, 0) is 9.53 Å². The van der Waals surface area contributed by atoms with Crippen molar-refractivity contribution < 1.29 is 9.53 Å². The Hall–Kier alpha value is -0.790. The van der Waals surface area contributed by atoms with Gasteiger partial charge in [0.15, 0.2) is 0 Å². The zero-order chi connectivity index (χ0) is 11.4. The Morgan fingerprint density at radius 3 is 2.53 bits per heavy atom. The van der Waals surface area contributed by atoms with Crippen LogP contribution in [0.25, 0.3) is 0 Å². The van der Waals surface area contributed by atoms with Crippen molar-refractivity contribution in [3.8, 4) is 0 Å². The molecule has 3 atom stereocenters. The molecule has 0 spiro atoms. The Balaban J connectivity index is 2.32. The van der Waals surface area contributed by atoms with E-state index in [1.165, 1.54) is 12.8 Å². The first-order valence-electron chi connectivity index (χ1n) is 5.91. The molecule has 0 amide bonds. The summed E-state index contributed by atoms with van der Waals surface area (Å²) >= 11 is 0. The highest BCUT2D eigenvalue weighted by molar-refractivity contribution is 5.87. The van der Waals surface area contributed by atoms with E-state index in [9.17, 15) is 4.79 Å². The van der Waals surface area contributed by atoms with Crippen molar-refractivity contribution >= 4 is 5.97 Å². The monoisotopic (exact) mass is 210 g/mol. The van der Waals surface area contributed by atoms with Gasteiger partial charge in [-0.3, -0.25) is 0 Å². The minimum atomic E-state index is -0.218. The van der Waals surface area contributed by atoms with Gasteiger partial charge in [-0.15, -0.1) is 0 Å². The van der Waals surface area contributed by atoms with Crippen molar-refractivity contribution in [2.75, 3.05) is 6.61 Å². The Morgan fingerprint density at radius 1 is 1.40 bits per heavy atom. The van der Waals surface area contributed by atoms with Crippen LogP contribution in [-0.4, -0.2) is 12.6 Å². The van der Waals surface area contributed by atoms with Gasteiger partial charge in [0.25, 0.3) is 0 Å². The summed E-state index contributed by atoms with van der Waals surface area (Å²) in [7, 11) is 0. The van der Waals surface area contributed by atoms with Crippen LogP contribution in [0.4, 0.5) is 0 Å². The second-order valence-corrected chi connectivity index (χ2v) is 4.73. The van der Waals surface area contributed by atoms with E-state index in [4.69, 9.17) is 4.74 Å². The Labute approximate surface area is 92.7 Å². The van der Waals surface area contributed by atoms with Crippen LogP contribution in [0.15, 0.2) is 12.2 Å². The van der Waals surface area contributed by atoms with Gasteiger partial charge in [-0.1, -0.05) is 33.8 Å². The Bertz CT molecular complexity index is 245. The lowest BCUT2D eigenvalue weighted by Gasteiger charge is -2.18. The fraction of sp³-hybridized carbons (Fsp3) is 0.769. The van der Waals surface area contributed by atoms with E-state index in [0.29, 0.717) is 30.4 Å². The standard InChI is InChI=1S/C13H22O2/c1-5-9(2)13(14)15-8-12-7-6-10(3)11(12)4/h10-12H,2,5-8H2,1,3-4H3. The molecule has 1 rings (SSSR count). The molecule has 0 aliphatic heterocycles. The number of carbonyl (C=O) groups excluding carboxylic acids is 1. The van der Waals surface area contributed by atoms with Crippen molar-refractivity contribution in [1.82, 2.24) is 0 Å². The largest absolute Gasteiger partial charge is 0.462 e. The van der Waals surface area contributed by atoms with E-state index in [0.717, 1.165) is 5.92 Å². The molecular formula is C13H22O2. The molecule has 0 aromatic rings. The molecule has 2 nitrogen and oxygen atoms in total. The Morgan fingerprint density at radius 2 is 2.07 bits per heavy atom. The highest BCUT2D eigenvalue weighted by atomic mass is 16.5. The van der Waals surface area contributed by atoms with E-state index >= 15 is 0 Å². The van der Waals surface area contributed by atoms with E-state index in [1.807, 2.05) is 6.92 Å². The van der Waals surface area contributed by atoms with Crippen molar-refractivity contribution in [1.29, 1.82) is 0 Å². The van der Waals surface area contributed by atoms with Gasteiger partial charge in [-0.25, -0.2) is 4.79 Å². The zero-order valence-electron chi connectivity index (χ0n) is 10.1. The van der Waals surface area contributed by atoms with Gasteiger partial charge in [-0.2, -0.15) is 0 Å². The van der Waals surface area contributed by atoms with Gasteiger partial charge in [-0.05, 0) is 30.6 Å². The number of hydrogen-bond acceptors (Lipinski definition) is 2. The van der Waals surface area contributed by atoms with Crippen LogP contribution < -0.4 is 0 Å². The normalized spacial score (nSPS) is 30.2. The highest BCUT2D eigenvalue weighted by Crippen LogP contribution is 2.36. The van der Waals surface area contributed by atoms with Gasteiger partial charge < -0.3 is 4.74 Å². The summed E-state index contributed by atoms with van der Waals surface area (Å²) in [5.41, 5.74) is 0.577. The molecule has 0 aromatic heterocycles. The lowest BCUT2D eigenvalue weighted by Crippen LogP contribution is -2.18. The SMILES string of the molecule is C=C(CC)C(=O)OCC1CCC(C)C1C. The molecule has 1 aliphatic carbocycles. The van der Waals surface area contributed by atoms with Crippen molar-refractivity contribution in [2.24, 2.45) is 17.8 Å². The maximum atomic E-state index is 11.4. The predicted octanol–water partition coefficient (Wildman–Crippen LogP) is 3.18. The van der Waals surface area contributed by atoms with Crippen molar-refractivity contribution in [3.05, 3.63) is 12.2 Å². The average molecular weight is 210 g/mol. The lowest BCUT2D eigenvalue weighted by molar-refractivity contribution is -0.140. The molecule has 0 aromatic carbocycles. The minimum Gasteiger partial charge on any atom is -0.462 e. The van der Waals surface area contributed by atoms with Crippen molar-refractivity contribution in [2.45, 2.75) is 40.0 Å². The molecule has 86 valence electrons.